The number of hydrogen-bond acceptors (Lipinski definition) is 4. The molecule has 0 aromatic carbocycles. The molecule has 1 fully saturated rings. The molecule has 96 valence electrons. The van der Waals surface area contributed by atoms with E-state index in [9.17, 15) is 9.59 Å². The van der Waals surface area contributed by atoms with Crippen molar-refractivity contribution < 1.29 is 19.1 Å². The lowest BCUT2D eigenvalue weighted by Crippen LogP contribution is -2.28. The molecular weight excluding hydrogens is 288 g/mol. The lowest BCUT2D eigenvalue weighted by atomic mass is 9.88. The van der Waals surface area contributed by atoms with Crippen molar-refractivity contribution in [1.82, 2.24) is 0 Å². The van der Waals surface area contributed by atoms with Gasteiger partial charge in [0, 0.05) is 5.33 Å². The summed E-state index contributed by atoms with van der Waals surface area (Å²) >= 11 is 3.27. The fourth-order valence-electron chi connectivity index (χ4n) is 1.97. The molecule has 0 bridgehead atoms. The zero-order valence-corrected chi connectivity index (χ0v) is 11.4. The Balaban J connectivity index is 2.64. The van der Waals surface area contributed by atoms with E-state index in [2.05, 4.69) is 22.5 Å². The van der Waals surface area contributed by atoms with Crippen LogP contribution in [-0.4, -0.2) is 30.0 Å². The predicted molar refractivity (Wildman–Crippen MR) is 66.7 cm³/mol. The normalized spacial score (nSPS) is 25.2. The Morgan fingerprint density at radius 2 is 2.47 bits per heavy atom. The number of rotatable bonds is 6. The van der Waals surface area contributed by atoms with Crippen LogP contribution in [-0.2, 0) is 19.1 Å². The van der Waals surface area contributed by atoms with Gasteiger partial charge in [-0.1, -0.05) is 35.5 Å². The van der Waals surface area contributed by atoms with Gasteiger partial charge in [-0.2, -0.15) is 0 Å². The standard InChI is InChI=1S/C12H17BrO4/c1-3-5-16-11(14)9(4-2)10-6-8(7-13)17-12(10)15/h3,8-10H,1,4-7H2,2H3/t8-,9-,10+/m1/s1. The van der Waals surface area contributed by atoms with Gasteiger partial charge in [0.05, 0.1) is 11.8 Å². The fraction of sp³-hybridized carbons (Fsp3) is 0.667. The summed E-state index contributed by atoms with van der Waals surface area (Å²) in [5.74, 6) is -1.42. The third-order valence-corrected chi connectivity index (χ3v) is 3.57. The maximum atomic E-state index is 11.8. The third kappa shape index (κ3) is 3.56. The van der Waals surface area contributed by atoms with Crippen LogP contribution in [0, 0.1) is 11.8 Å². The molecule has 0 aromatic heterocycles. The summed E-state index contributed by atoms with van der Waals surface area (Å²) in [6, 6.07) is 0. The first-order chi connectivity index (χ1) is 8.13. The summed E-state index contributed by atoms with van der Waals surface area (Å²) in [5, 5.41) is 0.605. The minimum Gasteiger partial charge on any atom is -0.461 e. The Labute approximate surface area is 109 Å². The minimum absolute atomic E-state index is 0.131. The molecule has 0 radical (unpaired) electrons. The topological polar surface area (TPSA) is 52.6 Å². The molecule has 4 nitrogen and oxygen atoms in total. The van der Waals surface area contributed by atoms with Gasteiger partial charge in [0.1, 0.15) is 12.7 Å². The number of carbonyl (C=O) groups is 2. The highest BCUT2D eigenvalue weighted by Crippen LogP contribution is 2.31. The first-order valence-electron chi connectivity index (χ1n) is 5.68. The maximum absolute atomic E-state index is 11.8. The van der Waals surface area contributed by atoms with Gasteiger partial charge in [0.15, 0.2) is 0 Å². The van der Waals surface area contributed by atoms with E-state index < -0.39 is 5.92 Å². The van der Waals surface area contributed by atoms with Crippen molar-refractivity contribution in [2.75, 3.05) is 11.9 Å². The van der Waals surface area contributed by atoms with E-state index in [4.69, 9.17) is 9.47 Å². The molecule has 0 N–H and O–H groups in total. The monoisotopic (exact) mass is 304 g/mol. The van der Waals surface area contributed by atoms with Crippen LogP contribution in [0.5, 0.6) is 0 Å². The predicted octanol–water partition coefficient (Wildman–Crippen LogP) is 2.07. The van der Waals surface area contributed by atoms with Crippen molar-refractivity contribution >= 4 is 27.9 Å². The van der Waals surface area contributed by atoms with Crippen LogP contribution < -0.4 is 0 Å². The molecule has 0 aromatic rings. The Bertz CT molecular complexity index is 303. The van der Waals surface area contributed by atoms with E-state index in [1.807, 2.05) is 6.92 Å². The SMILES string of the molecule is C=CCOC(=O)[C@H](CC)[C@@H]1C[C@H](CBr)OC1=O. The maximum Gasteiger partial charge on any atom is 0.310 e. The van der Waals surface area contributed by atoms with E-state index in [0.717, 1.165) is 0 Å². The van der Waals surface area contributed by atoms with Crippen LogP contribution in [0.15, 0.2) is 12.7 Å². The summed E-state index contributed by atoms with van der Waals surface area (Å²) in [5.41, 5.74) is 0. The second-order valence-electron chi connectivity index (χ2n) is 3.99. The third-order valence-electron chi connectivity index (χ3n) is 2.85. The van der Waals surface area contributed by atoms with Gasteiger partial charge in [0.25, 0.3) is 0 Å². The van der Waals surface area contributed by atoms with Crippen LogP contribution in [0.3, 0.4) is 0 Å². The molecule has 0 aliphatic carbocycles. The number of carbonyl (C=O) groups excluding carboxylic acids is 2. The Hall–Kier alpha value is -0.840. The molecule has 1 aliphatic heterocycles. The number of halogens is 1. The average Bonchev–Trinajstić information content (AvgIpc) is 2.69. The van der Waals surface area contributed by atoms with E-state index in [-0.39, 0.29) is 30.6 Å². The zero-order chi connectivity index (χ0) is 12.8. The molecule has 1 saturated heterocycles. The van der Waals surface area contributed by atoms with Crippen LogP contribution in [0.2, 0.25) is 0 Å². The highest BCUT2D eigenvalue weighted by Gasteiger charge is 2.42. The Kier molecular flexibility index (Phi) is 5.68. The van der Waals surface area contributed by atoms with Crippen molar-refractivity contribution in [3.63, 3.8) is 0 Å². The van der Waals surface area contributed by atoms with Gasteiger partial charge in [-0.05, 0) is 12.8 Å². The summed E-state index contributed by atoms with van der Waals surface area (Å²) in [6.07, 6.45) is 2.53. The van der Waals surface area contributed by atoms with Crippen LogP contribution in [0.1, 0.15) is 19.8 Å². The van der Waals surface area contributed by atoms with Crippen LogP contribution in [0.25, 0.3) is 0 Å². The highest BCUT2D eigenvalue weighted by atomic mass is 79.9. The largest absolute Gasteiger partial charge is 0.461 e. The van der Waals surface area contributed by atoms with Crippen molar-refractivity contribution in [3.05, 3.63) is 12.7 Å². The summed E-state index contributed by atoms with van der Waals surface area (Å²) in [7, 11) is 0. The van der Waals surface area contributed by atoms with Gasteiger partial charge < -0.3 is 9.47 Å². The van der Waals surface area contributed by atoms with Crippen molar-refractivity contribution in [1.29, 1.82) is 0 Å². The Morgan fingerprint density at radius 1 is 1.76 bits per heavy atom. The Morgan fingerprint density at radius 3 is 2.94 bits per heavy atom. The number of ether oxygens (including phenoxy) is 2. The molecule has 5 heteroatoms. The van der Waals surface area contributed by atoms with E-state index in [0.29, 0.717) is 18.2 Å². The van der Waals surface area contributed by atoms with E-state index in [1.165, 1.54) is 6.08 Å². The molecule has 1 rings (SSSR count). The fourth-order valence-corrected chi connectivity index (χ4v) is 2.36. The zero-order valence-electron chi connectivity index (χ0n) is 9.86. The van der Waals surface area contributed by atoms with Crippen LogP contribution in [0.4, 0.5) is 0 Å². The van der Waals surface area contributed by atoms with Gasteiger partial charge in [-0.15, -0.1) is 0 Å². The number of hydrogen-bond donors (Lipinski definition) is 0. The van der Waals surface area contributed by atoms with Crippen LogP contribution >= 0.6 is 15.9 Å². The lowest BCUT2D eigenvalue weighted by molar-refractivity contribution is -0.155. The molecule has 0 spiro atoms. The number of alkyl halides is 1. The first-order valence-corrected chi connectivity index (χ1v) is 6.80. The molecule has 17 heavy (non-hydrogen) atoms. The molecule has 0 unspecified atom stereocenters. The first kappa shape index (κ1) is 14.2. The van der Waals surface area contributed by atoms with Gasteiger partial charge in [0.2, 0.25) is 0 Å². The average molecular weight is 305 g/mol. The molecule has 0 saturated carbocycles. The van der Waals surface area contributed by atoms with Gasteiger partial charge >= 0.3 is 11.9 Å². The van der Waals surface area contributed by atoms with Crippen molar-refractivity contribution in [3.8, 4) is 0 Å². The minimum atomic E-state index is -0.411. The van der Waals surface area contributed by atoms with E-state index >= 15 is 0 Å². The van der Waals surface area contributed by atoms with Gasteiger partial charge in [-0.3, -0.25) is 9.59 Å². The molecular formula is C12H17BrO4. The second-order valence-corrected chi connectivity index (χ2v) is 4.64. The van der Waals surface area contributed by atoms with Gasteiger partial charge in [-0.25, -0.2) is 0 Å². The van der Waals surface area contributed by atoms with Crippen molar-refractivity contribution in [2.24, 2.45) is 11.8 Å². The lowest BCUT2D eigenvalue weighted by Gasteiger charge is -2.16. The van der Waals surface area contributed by atoms with E-state index in [1.54, 1.807) is 0 Å². The summed E-state index contributed by atoms with van der Waals surface area (Å²) in [6.45, 7) is 5.53. The molecule has 3 atom stereocenters. The smallest absolute Gasteiger partial charge is 0.310 e. The quantitative estimate of drug-likeness (QED) is 0.428. The number of cyclic esters (lactones) is 1. The second kappa shape index (κ2) is 6.79. The summed E-state index contributed by atoms with van der Waals surface area (Å²) in [4.78, 5) is 23.4. The number of esters is 2. The molecule has 0 amide bonds. The highest BCUT2D eigenvalue weighted by molar-refractivity contribution is 9.09. The molecule has 1 aliphatic rings. The molecule has 1 heterocycles. The summed E-state index contributed by atoms with van der Waals surface area (Å²) < 4.78 is 10.1. The van der Waals surface area contributed by atoms with Crippen molar-refractivity contribution in [2.45, 2.75) is 25.9 Å².